The Morgan fingerprint density at radius 2 is 1.86 bits per heavy atom. The van der Waals surface area contributed by atoms with Gasteiger partial charge in [-0.2, -0.15) is 0 Å². The second-order valence-corrected chi connectivity index (χ2v) is 5.71. The molecule has 1 aliphatic heterocycles. The molecule has 4 nitrogen and oxygen atoms in total. The van der Waals surface area contributed by atoms with E-state index < -0.39 is 0 Å². The van der Waals surface area contributed by atoms with E-state index in [1.807, 2.05) is 26.0 Å². The van der Waals surface area contributed by atoms with Crippen molar-refractivity contribution >= 4 is 5.78 Å². The zero-order chi connectivity index (χ0) is 15.4. The van der Waals surface area contributed by atoms with Crippen LogP contribution in [0.1, 0.15) is 34.8 Å². The van der Waals surface area contributed by atoms with Crippen LogP contribution in [0, 0.1) is 13.8 Å². The SMILES string of the molecule is CCC(C(=O)c1c(C)cc(OC)cc1C)N1CCNCC1. The number of Topliss-reactive ketones (excluding diaryl/α,β-unsaturated/α-hetero) is 1. The number of benzene rings is 1. The molecule has 0 amide bonds. The first kappa shape index (κ1) is 16.0. The molecule has 1 fully saturated rings. The maximum Gasteiger partial charge on any atom is 0.180 e. The molecule has 1 N–H and O–H groups in total. The van der Waals surface area contributed by atoms with Crippen LogP contribution in [0.3, 0.4) is 0 Å². The minimum absolute atomic E-state index is 0.0158. The maximum atomic E-state index is 13.0. The molecule has 0 spiro atoms. The minimum atomic E-state index is -0.0158. The van der Waals surface area contributed by atoms with Crippen molar-refractivity contribution < 1.29 is 9.53 Å². The average molecular weight is 290 g/mol. The number of piperazine rings is 1. The number of aryl methyl sites for hydroxylation is 2. The van der Waals surface area contributed by atoms with Gasteiger partial charge in [-0.05, 0) is 43.5 Å². The molecule has 1 aliphatic rings. The summed E-state index contributed by atoms with van der Waals surface area (Å²) in [4.78, 5) is 15.3. The molecule has 1 unspecified atom stereocenters. The Kier molecular flexibility index (Phi) is 5.37. The number of nitrogens with one attached hydrogen (secondary N) is 1. The van der Waals surface area contributed by atoms with Crippen LogP contribution in [0.15, 0.2) is 12.1 Å². The molecule has 0 aromatic heterocycles. The fourth-order valence-corrected chi connectivity index (χ4v) is 3.20. The van der Waals surface area contributed by atoms with Gasteiger partial charge in [0.25, 0.3) is 0 Å². The molecule has 0 radical (unpaired) electrons. The number of rotatable bonds is 5. The van der Waals surface area contributed by atoms with Crippen molar-refractivity contribution in [3.05, 3.63) is 28.8 Å². The lowest BCUT2D eigenvalue weighted by Crippen LogP contribution is -2.51. The van der Waals surface area contributed by atoms with E-state index in [-0.39, 0.29) is 11.8 Å². The number of hydrogen-bond acceptors (Lipinski definition) is 4. The fraction of sp³-hybridized carbons (Fsp3) is 0.588. The van der Waals surface area contributed by atoms with Gasteiger partial charge in [0, 0.05) is 31.7 Å². The van der Waals surface area contributed by atoms with E-state index in [9.17, 15) is 4.79 Å². The zero-order valence-corrected chi connectivity index (χ0v) is 13.5. The van der Waals surface area contributed by atoms with Gasteiger partial charge in [-0.15, -0.1) is 0 Å². The number of ether oxygens (including phenoxy) is 1. The highest BCUT2D eigenvalue weighted by Crippen LogP contribution is 2.24. The van der Waals surface area contributed by atoms with Crippen LogP contribution in [0.25, 0.3) is 0 Å². The molecular formula is C17H26N2O2. The predicted octanol–water partition coefficient (Wildman–Crippen LogP) is 2.18. The van der Waals surface area contributed by atoms with Gasteiger partial charge in [0.15, 0.2) is 5.78 Å². The van der Waals surface area contributed by atoms with E-state index in [1.54, 1.807) is 7.11 Å². The number of hydrogen-bond donors (Lipinski definition) is 1. The quantitative estimate of drug-likeness (QED) is 0.844. The zero-order valence-electron chi connectivity index (χ0n) is 13.5. The van der Waals surface area contributed by atoms with Crippen LogP contribution in [0.5, 0.6) is 5.75 Å². The fourth-order valence-electron chi connectivity index (χ4n) is 3.20. The van der Waals surface area contributed by atoms with Crippen LogP contribution >= 0.6 is 0 Å². The normalized spacial score (nSPS) is 17.5. The molecule has 1 aromatic carbocycles. The minimum Gasteiger partial charge on any atom is -0.497 e. The van der Waals surface area contributed by atoms with Gasteiger partial charge in [0.1, 0.15) is 5.75 Å². The van der Waals surface area contributed by atoms with Gasteiger partial charge in [0.2, 0.25) is 0 Å². The van der Waals surface area contributed by atoms with Crippen molar-refractivity contribution in [2.24, 2.45) is 0 Å². The van der Waals surface area contributed by atoms with Gasteiger partial charge in [0.05, 0.1) is 13.2 Å². The summed E-state index contributed by atoms with van der Waals surface area (Å²) in [7, 11) is 1.66. The molecule has 1 heterocycles. The second-order valence-electron chi connectivity index (χ2n) is 5.71. The van der Waals surface area contributed by atoms with Crippen molar-refractivity contribution in [1.29, 1.82) is 0 Å². The summed E-state index contributed by atoms with van der Waals surface area (Å²) in [5.74, 6) is 1.06. The van der Waals surface area contributed by atoms with Gasteiger partial charge >= 0.3 is 0 Å². The largest absolute Gasteiger partial charge is 0.497 e. The second kappa shape index (κ2) is 7.05. The molecule has 116 valence electrons. The smallest absolute Gasteiger partial charge is 0.180 e. The van der Waals surface area contributed by atoms with E-state index in [1.165, 1.54) is 0 Å². The van der Waals surface area contributed by atoms with Crippen molar-refractivity contribution in [2.75, 3.05) is 33.3 Å². The first-order valence-corrected chi connectivity index (χ1v) is 7.72. The third kappa shape index (κ3) is 3.44. The molecule has 0 aliphatic carbocycles. The number of nitrogens with zero attached hydrogens (tertiary/aromatic N) is 1. The standard InChI is InChI=1S/C17H26N2O2/c1-5-15(19-8-6-18-7-9-19)17(20)16-12(2)10-14(21-4)11-13(16)3/h10-11,15,18H,5-9H2,1-4H3. The monoisotopic (exact) mass is 290 g/mol. The van der Waals surface area contributed by atoms with E-state index in [4.69, 9.17) is 4.74 Å². The van der Waals surface area contributed by atoms with Crippen LogP contribution in [0.2, 0.25) is 0 Å². The van der Waals surface area contributed by atoms with Crippen molar-refractivity contribution in [2.45, 2.75) is 33.2 Å². The Hall–Kier alpha value is -1.39. The predicted molar refractivity (Wildman–Crippen MR) is 85.3 cm³/mol. The van der Waals surface area contributed by atoms with Crippen LogP contribution in [-0.4, -0.2) is 50.0 Å². The number of ketones is 1. The van der Waals surface area contributed by atoms with Crippen LogP contribution < -0.4 is 10.1 Å². The Morgan fingerprint density at radius 1 is 1.29 bits per heavy atom. The van der Waals surface area contributed by atoms with Gasteiger partial charge < -0.3 is 10.1 Å². The molecule has 0 saturated carbocycles. The molecular weight excluding hydrogens is 264 g/mol. The molecule has 1 atom stereocenters. The highest BCUT2D eigenvalue weighted by molar-refractivity contribution is 6.02. The van der Waals surface area contributed by atoms with E-state index in [0.29, 0.717) is 0 Å². The topological polar surface area (TPSA) is 41.6 Å². The molecule has 0 bridgehead atoms. The van der Waals surface area contributed by atoms with Gasteiger partial charge in [-0.3, -0.25) is 9.69 Å². The average Bonchev–Trinajstić information content (AvgIpc) is 2.48. The van der Waals surface area contributed by atoms with Crippen molar-refractivity contribution in [3.8, 4) is 5.75 Å². The Morgan fingerprint density at radius 3 is 2.33 bits per heavy atom. The lowest BCUT2D eigenvalue weighted by atomic mass is 9.92. The highest BCUT2D eigenvalue weighted by Gasteiger charge is 2.28. The summed E-state index contributed by atoms with van der Waals surface area (Å²) >= 11 is 0. The summed E-state index contributed by atoms with van der Waals surface area (Å²) < 4.78 is 5.28. The van der Waals surface area contributed by atoms with Crippen molar-refractivity contribution in [1.82, 2.24) is 10.2 Å². The summed E-state index contributed by atoms with van der Waals surface area (Å²) in [5, 5.41) is 3.34. The molecule has 1 aromatic rings. The Labute approximate surface area is 127 Å². The third-order valence-electron chi connectivity index (χ3n) is 4.27. The van der Waals surface area contributed by atoms with Gasteiger partial charge in [-0.25, -0.2) is 0 Å². The molecule has 21 heavy (non-hydrogen) atoms. The Bertz CT molecular complexity index is 485. The van der Waals surface area contributed by atoms with Crippen LogP contribution in [0.4, 0.5) is 0 Å². The van der Waals surface area contributed by atoms with E-state index >= 15 is 0 Å². The summed E-state index contributed by atoms with van der Waals surface area (Å²) in [6, 6.07) is 3.88. The molecule has 2 rings (SSSR count). The van der Waals surface area contributed by atoms with E-state index in [2.05, 4.69) is 17.1 Å². The first-order valence-electron chi connectivity index (χ1n) is 7.72. The summed E-state index contributed by atoms with van der Waals surface area (Å²) in [5.41, 5.74) is 2.87. The van der Waals surface area contributed by atoms with Crippen LogP contribution in [-0.2, 0) is 0 Å². The summed E-state index contributed by atoms with van der Waals surface area (Å²) in [6.45, 7) is 9.89. The first-order chi connectivity index (χ1) is 10.1. The number of carbonyl (C=O) groups is 1. The Balaban J connectivity index is 2.29. The number of methoxy groups -OCH3 is 1. The molecule has 1 saturated heterocycles. The lowest BCUT2D eigenvalue weighted by molar-refractivity contribution is 0.0788. The summed E-state index contributed by atoms with van der Waals surface area (Å²) in [6.07, 6.45) is 0.851. The lowest BCUT2D eigenvalue weighted by Gasteiger charge is -2.34. The maximum absolute atomic E-state index is 13.0. The van der Waals surface area contributed by atoms with E-state index in [0.717, 1.165) is 55.0 Å². The number of carbonyl (C=O) groups excluding carboxylic acids is 1. The van der Waals surface area contributed by atoms with Gasteiger partial charge in [-0.1, -0.05) is 6.92 Å². The van der Waals surface area contributed by atoms with Crippen molar-refractivity contribution in [3.63, 3.8) is 0 Å². The third-order valence-corrected chi connectivity index (χ3v) is 4.27. The highest BCUT2D eigenvalue weighted by atomic mass is 16.5. The molecule has 4 heteroatoms.